The average Bonchev–Trinajstić information content (AvgIpc) is 2.81. The van der Waals surface area contributed by atoms with Crippen LogP contribution in [0.5, 0.6) is 5.75 Å². The van der Waals surface area contributed by atoms with Crippen LogP contribution in [0, 0.1) is 5.82 Å². The highest BCUT2D eigenvalue weighted by molar-refractivity contribution is 9.10. The molecule has 102 valence electrons. The number of ether oxygens (including phenoxy) is 1. The average molecular weight is 336 g/mol. The summed E-state index contributed by atoms with van der Waals surface area (Å²) < 4.78 is 19.2. The van der Waals surface area contributed by atoms with E-state index in [-0.39, 0.29) is 5.82 Å². The number of hydrogen-bond donors (Lipinski definition) is 2. The fourth-order valence-electron chi connectivity index (χ4n) is 2.04. The first-order valence-electron chi connectivity index (χ1n) is 5.87. The summed E-state index contributed by atoms with van der Waals surface area (Å²) in [7, 11) is 1.57. The normalized spacial score (nSPS) is 10.9. The SMILES string of the molecule is COc1cc(N)ccc1-c1nc2cc(Br)c(F)cc2[nH]1. The molecule has 1 heterocycles. The van der Waals surface area contributed by atoms with Crippen molar-refractivity contribution in [2.45, 2.75) is 0 Å². The Bertz CT molecular complexity index is 761. The van der Waals surface area contributed by atoms with Crippen molar-refractivity contribution in [1.82, 2.24) is 9.97 Å². The summed E-state index contributed by atoms with van der Waals surface area (Å²) in [5.41, 5.74) is 8.41. The van der Waals surface area contributed by atoms with Gasteiger partial charge in [0.25, 0.3) is 0 Å². The van der Waals surface area contributed by atoms with Crippen LogP contribution in [0.3, 0.4) is 0 Å². The first-order chi connectivity index (χ1) is 9.58. The Morgan fingerprint density at radius 1 is 1.30 bits per heavy atom. The molecule has 0 bridgehead atoms. The molecule has 0 saturated carbocycles. The van der Waals surface area contributed by atoms with E-state index in [0.717, 1.165) is 5.56 Å². The topological polar surface area (TPSA) is 63.9 Å². The smallest absolute Gasteiger partial charge is 0.142 e. The highest BCUT2D eigenvalue weighted by Crippen LogP contribution is 2.32. The standard InChI is InChI=1S/C14H11BrFN3O/c1-20-13-4-7(17)2-3-8(13)14-18-11-5-9(15)10(16)6-12(11)19-14/h2-6H,17H2,1H3,(H,18,19). The van der Waals surface area contributed by atoms with Crippen LogP contribution in [-0.4, -0.2) is 17.1 Å². The Labute approximate surface area is 122 Å². The number of imidazole rings is 1. The predicted octanol–water partition coefficient (Wildman–Crippen LogP) is 3.72. The number of anilines is 1. The number of H-pyrrole nitrogens is 1. The molecule has 3 rings (SSSR count). The van der Waals surface area contributed by atoms with E-state index in [0.29, 0.717) is 32.8 Å². The predicted molar refractivity (Wildman–Crippen MR) is 80.2 cm³/mol. The number of nitrogens with one attached hydrogen (secondary N) is 1. The minimum atomic E-state index is -0.336. The van der Waals surface area contributed by atoms with Crippen LogP contribution in [0.25, 0.3) is 22.4 Å². The fraction of sp³-hybridized carbons (Fsp3) is 0.0714. The van der Waals surface area contributed by atoms with Crippen molar-refractivity contribution in [3.05, 3.63) is 40.6 Å². The number of benzene rings is 2. The highest BCUT2D eigenvalue weighted by Gasteiger charge is 2.12. The van der Waals surface area contributed by atoms with E-state index >= 15 is 0 Å². The Morgan fingerprint density at radius 3 is 2.85 bits per heavy atom. The number of halogens is 2. The van der Waals surface area contributed by atoms with Gasteiger partial charge < -0.3 is 15.5 Å². The maximum Gasteiger partial charge on any atom is 0.142 e. The van der Waals surface area contributed by atoms with Gasteiger partial charge in [-0.1, -0.05) is 0 Å². The molecule has 3 aromatic rings. The molecular formula is C14H11BrFN3O. The second kappa shape index (κ2) is 4.79. The van der Waals surface area contributed by atoms with Gasteiger partial charge in [0.2, 0.25) is 0 Å². The molecule has 3 N–H and O–H groups in total. The highest BCUT2D eigenvalue weighted by atomic mass is 79.9. The number of nitrogens with zero attached hydrogens (tertiary/aromatic N) is 1. The van der Waals surface area contributed by atoms with Crippen LogP contribution < -0.4 is 10.5 Å². The number of rotatable bonds is 2. The Hall–Kier alpha value is -2.08. The number of hydrogen-bond acceptors (Lipinski definition) is 3. The summed E-state index contributed by atoms with van der Waals surface area (Å²) in [5, 5.41) is 0. The second-order valence-electron chi connectivity index (χ2n) is 4.33. The molecule has 1 aromatic heterocycles. The van der Waals surface area contributed by atoms with E-state index in [1.165, 1.54) is 6.07 Å². The summed E-state index contributed by atoms with van der Waals surface area (Å²) in [5.74, 6) is 0.884. The van der Waals surface area contributed by atoms with Gasteiger partial charge in [-0.3, -0.25) is 0 Å². The van der Waals surface area contributed by atoms with Crippen LogP contribution in [0.15, 0.2) is 34.8 Å². The van der Waals surface area contributed by atoms with Crippen LogP contribution in [0.1, 0.15) is 0 Å². The molecule has 0 spiro atoms. The van der Waals surface area contributed by atoms with E-state index in [4.69, 9.17) is 10.5 Å². The molecule has 0 atom stereocenters. The van der Waals surface area contributed by atoms with Crippen LogP contribution in [-0.2, 0) is 0 Å². The first-order valence-corrected chi connectivity index (χ1v) is 6.66. The zero-order valence-corrected chi connectivity index (χ0v) is 12.2. The molecule has 0 radical (unpaired) electrons. The quantitative estimate of drug-likeness (QED) is 0.701. The van der Waals surface area contributed by atoms with Gasteiger partial charge in [0.1, 0.15) is 17.4 Å². The van der Waals surface area contributed by atoms with E-state index in [1.54, 1.807) is 25.3 Å². The van der Waals surface area contributed by atoms with Crippen molar-refractivity contribution in [3.8, 4) is 17.1 Å². The van der Waals surface area contributed by atoms with Crippen molar-refractivity contribution in [2.75, 3.05) is 12.8 Å². The van der Waals surface area contributed by atoms with Gasteiger partial charge in [-0.15, -0.1) is 0 Å². The molecule has 6 heteroatoms. The van der Waals surface area contributed by atoms with Gasteiger partial charge in [0.05, 0.1) is 28.2 Å². The molecule has 2 aromatic carbocycles. The Kier molecular flexibility index (Phi) is 3.10. The lowest BCUT2D eigenvalue weighted by atomic mass is 10.1. The number of fused-ring (bicyclic) bond motifs is 1. The van der Waals surface area contributed by atoms with Crippen LogP contribution in [0.2, 0.25) is 0 Å². The molecule has 4 nitrogen and oxygen atoms in total. The van der Waals surface area contributed by atoms with Crippen LogP contribution in [0.4, 0.5) is 10.1 Å². The lowest BCUT2D eigenvalue weighted by Gasteiger charge is -2.06. The number of nitrogens with two attached hydrogens (primary N) is 1. The van der Waals surface area contributed by atoms with Crippen molar-refractivity contribution >= 4 is 32.7 Å². The van der Waals surface area contributed by atoms with Gasteiger partial charge in [-0.05, 0) is 34.1 Å². The largest absolute Gasteiger partial charge is 0.496 e. The summed E-state index contributed by atoms with van der Waals surface area (Å²) in [4.78, 5) is 7.53. The first kappa shape index (κ1) is 12.9. The lowest BCUT2D eigenvalue weighted by molar-refractivity contribution is 0.416. The number of nitrogen functional groups attached to an aromatic ring is 1. The molecule has 0 unspecified atom stereocenters. The van der Waals surface area contributed by atoms with E-state index in [9.17, 15) is 4.39 Å². The zero-order chi connectivity index (χ0) is 14.3. The number of aromatic nitrogens is 2. The molecular weight excluding hydrogens is 325 g/mol. The number of methoxy groups -OCH3 is 1. The van der Waals surface area contributed by atoms with E-state index < -0.39 is 0 Å². The monoisotopic (exact) mass is 335 g/mol. The van der Waals surface area contributed by atoms with Gasteiger partial charge in [-0.25, -0.2) is 9.37 Å². The molecule has 0 saturated heterocycles. The summed E-state index contributed by atoms with van der Waals surface area (Å²) >= 11 is 3.15. The van der Waals surface area contributed by atoms with E-state index in [2.05, 4.69) is 25.9 Å². The zero-order valence-electron chi connectivity index (χ0n) is 10.6. The van der Waals surface area contributed by atoms with E-state index in [1.807, 2.05) is 6.07 Å². The summed E-state index contributed by atoms with van der Waals surface area (Å²) in [6, 6.07) is 8.34. The van der Waals surface area contributed by atoms with Crippen molar-refractivity contribution in [1.29, 1.82) is 0 Å². The van der Waals surface area contributed by atoms with Gasteiger partial charge >= 0.3 is 0 Å². The molecule has 0 fully saturated rings. The van der Waals surface area contributed by atoms with Crippen molar-refractivity contribution in [3.63, 3.8) is 0 Å². The van der Waals surface area contributed by atoms with Crippen molar-refractivity contribution < 1.29 is 9.13 Å². The second-order valence-corrected chi connectivity index (χ2v) is 5.18. The third kappa shape index (κ3) is 2.12. The van der Waals surface area contributed by atoms with Gasteiger partial charge in [0, 0.05) is 17.8 Å². The molecule has 0 aliphatic heterocycles. The van der Waals surface area contributed by atoms with Crippen molar-refractivity contribution in [2.24, 2.45) is 0 Å². The molecule has 0 aliphatic carbocycles. The molecule has 0 aliphatic rings. The summed E-state index contributed by atoms with van der Waals surface area (Å²) in [6.45, 7) is 0. The Morgan fingerprint density at radius 2 is 2.10 bits per heavy atom. The third-order valence-electron chi connectivity index (χ3n) is 3.00. The summed E-state index contributed by atoms with van der Waals surface area (Å²) in [6.07, 6.45) is 0. The number of aromatic amines is 1. The molecule has 20 heavy (non-hydrogen) atoms. The van der Waals surface area contributed by atoms with Gasteiger partial charge in [-0.2, -0.15) is 0 Å². The molecule has 0 amide bonds. The third-order valence-corrected chi connectivity index (χ3v) is 3.61. The maximum absolute atomic E-state index is 13.5. The maximum atomic E-state index is 13.5. The lowest BCUT2D eigenvalue weighted by Crippen LogP contribution is -1.92. The van der Waals surface area contributed by atoms with Gasteiger partial charge in [0.15, 0.2) is 0 Å². The minimum absolute atomic E-state index is 0.336. The fourth-order valence-corrected chi connectivity index (χ4v) is 2.37. The Balaban J connectivity index is 2.20. The minimum Gasteiger partial charge on any atom is -0.496 e. The van der Waals surface area contributed by atoms with Crippen LogP contribution >= 0.6 is 15.9 Å².